The molecule has 4 heterocycles. The minimum absolute atomic E-state index is 0.957. The maximum atomic E-state index is 4.70. The summed E-state index contributed by atoms with van der Waals surface area (Å²) in [4.78, 5) is 12.4. The molecule has 0 saturated carbocycles. The molecule has 0 bridgehead atoms. The van der Waals surface area contributed by atoms with Crippen LogP contribution in [-0.4, -0.2) is 19.5 Å². The van der Waals surface area contributed by atoms with Crippen LogP contribution >= 0.6 is 0 Å². The minimum atomic E-state index is 0.957. The number of aromatic nitrogens is 4. The smallest absolute Gasteiger partial charge is 0.146 e. The lowest BCUT2D eigenvalue weighted by molar-refractivity contribution is 1.09. The average molecular weight is 334 g/mol. The molecule has 0 aliphatic heterocycles. The molecule has 26 heavy (non-hydrogen) atoms. The Morgan fingerprint density at radius 2 is 1.73 bits per heavy atom. The number of pyridine rings is 2. The molecular formula is C22H14N4. The molecule has 4 aromatic heterocycles. The first-order valence-corrected chi connectivity index (χ1v) is 8.60. The fourth-order valence-corrected chi connectivity index (χ4v) is 3.94. The van der Waals surface area contributed by atoms with Crippen molar-refractivity contribution in [3.63, 3.8) is 0 Å². The van der Waals surface area contributed by atoms with Gasteiger partial charge in [-0.05, 0) is 41.1 Å². The molecule has 0 fully saturated rings. The summed E-state index contributed by atoms with van der Waals surface area (Å²) in [5, 5.41) is 6.03. The molecule has 0 unspecified atom stereocenters. The van der Waals surface area contributed by atoms with Crippen LogP contribution in [0.15, 0.2) is 79.3 Å². The third-order valence-corrected chi connectivity index (χ3v) is 5.07. The summed E-state index contributed by atoms with van der Waals surface area (Å²) in [6.07, 6.45) is 5.53. The van der Waals surface area contributed by atoms with Crippen LogP contribution in [0, 0.1) is 0 Å². The summed E-state index contributed by atoms with van der Waals surface area (Å²) in [6, 6.07) is 21.2. The molecule has 6 rings (SSSR count). The van der Waals surface area contributed by atoms with Crippen LogP contribution in [-0.2, 0) is 0 Å². The Kier molecular flexibility index (Phi) is 2.58. The van der Waals surface area contributed by atoms with E-state index in [1.165, 1.54) is 16.2 Å². The Labute approximate surface area is 148 Å². The number of aromatic amines is 1. The summed E-state index contributed by atoms with van der Waals surface area (Å²) < 4.78 is 2.21. The molecule has 6 aromatic rings. The molecule has 0 aliphatic rings. The van der Waals surface area contributed by atoms with Crippen molar-refractivity contribution >= 4 is 43.6 Å². The van der Waals surface area contributed by atoms with Gasteiger partial charge in [0.2, 0.25) is 0 Å². The van der Waals surface area contributed by atoms with Crippen LogP contribution in [0.2, 0.25) is 0 Å². The fraction of sp³-hybridized carbons (Fsp3) is 0. The molecular weight excluding hydrogens is 320 g/mol. The summed E-state index contributed by atoms with van der Waals surface area (Å²) >= 11 is 0. The van der Waals surface area contributed by atoms with E-state index < -0.39 is 0 Å². The van der Waals surface area contributed by atoms with E-state index in [9.17, 15) is 0 Å². The van der Waals surface area contributed by atoms with Crippen LogP contribution in [0.4, 0.5) is 0 Å². The van der Waals surface area contributed by atoms with E-state index in [1.54, 1.807) is 0 Å². The van der Waals surface area contributed by atoms with Gasteiger partial charge in [-0.2, -0.15) is 0 Å². The van der Waals surface area contributed by atoms with Crippen molar-refractivity contribution in [1.29, 1.82) is 0 Å². The van der Waals surface area contributed by atoms with Gasteiger partial charge in [0.1, 0.15) is 11.5 Å². The Balaban J connectivity index is 1.84. The minimum Gasteiger partial charge on any atom is -0.340 e. The first-order valence-electron chi connectivity index (χ1n) is 8.60. The van der Waals surface area contributed by atoms with Crippen molar-refractivity contribution < 1.29 is 0 Å². The molecule has 0 spiro atoms. The summed E-state index contributed by atoms with van der Waals surface area (Å²) in [6.45, 7) is 0. The predicted molar refractivity (Wildman–Crippen MR) is 106 cm³/mol. The topological polar surface area (TPSA) is 46.5 Å². The van der Waals surface area contributed by atoms with E-state index in [0.717, 1.165) is 33.3 Å². The second-order valence-electron chi connectivity index (χ2n) is 6.51. The molecule has 0 aliphatic carbocycles. The zero-order valence-electron chi connectivity index (χ0n) is 13.8. The Hall–Kier alpha value is -3.66. The van der Waals surface area contributed by atoms with Crippen LogP contribution in [0.5, 0.6) is 0 Å². The number of H-pyrrole nitrogens is 1. The first-order chi connectivity index (χ1) is 12.9. The van der Waals surface area contributed by atoms with E-state index >= 15 is 0 Å². The maximum absolute atomic E-state index is 4.70. The zero-order valence-corrected chi connectivity index (χ0v) is 13.8. The number of rotatable bonds is 1. The van der Waals surface area contributed by atoms with Crippen LogP contribution < -0.4 is 0 Å². The van der Waals surface area contributed by atoms with E-state index in [2.05, 4.69) is 63.1 Å². The van der Waals surface area contributed by atoms with E-state index in [1.807, 2.05) is 30.7 Å². The third kappa shape index (κ3) is 1.73. The van der Waals surface area contributed by atoms with Gasteiger partial charge in [0, 0.05) is 28.6 Å². The molecule has 0 saturated heterocycles. The standard InChI is InChI=1S/C22H14N4/c1-2-5-16-14(4-1)7-8-19-21(16)17-6-3-10-24-22(17)26(19)20-12-15-9-11-23-13-18(15)25-20/h1-13,25H. The largest absolute Gasteiger partial charge is 0.340 e. The normalized spacial score (nSPS) is 11.8. The lowest BCUT2D eigenvalue weighted by Crippen LogP contribution is -1.95. The molecule has 0 amide bonds. The van der Waals surface area contributed by atoms with Crippen molar-refractivity contribution in [2.75, 3.05) is 0 Å². The van der Waals surface area contributed by atoms with Crippen molar-refractivity contribution in [3.05, 3.63) is 79.3 Å². The number of hydrogen-bond donors (Lipinski definition) is 1. The molecule has 4 heteroatoms. The lowest BCUT2D eigenvalue weighted by atomic mass is 10.0. The van der Waals surface area contributed by atoms with Gasteiger partial charge in [-0.25, -0.2) is 4.98 Å². The van der Waals surface area contributed by atoms with E-state index in [0.29, 0.717) is 0 Å². The number of hydrogen-bond acceptors (Lipinski definition) is 2. The Bertz CT molecular complexity index is 1410. The van der Waals surface area contributed by atoms with Gasteiger partial charge in [0.15, 0.2) is 0 Å². The highest BCUT2D eigenvalue weighted by molar-refractivity contribution is 6.20. The van der Waals surface area contributed by atoms with Crippen molar-refractivity contribution in [3.8, 4) is 5.82 Å². The summed E-state index contributed by atoms with van der Waals surface area (Å²) in [5.74, 6) is 1.00. The Morgan fingerprint density at radius 3 is 2.69 bits per heavy atom. The van der Waals surface area contributed by atoms with Gasteiger partial charge < -0.3 is 4.98 Å². The second-order valence-corrected chi connectivity index (χ2v) is 6.51. The fourth-order valence-electron chi connectivity index (χ4n) is 3.94. The van der Waals surface area contributed by atoms with Gasteiger partial charge in [0.05, 0.1) is 17.2 Å². The van der Waals surface area contributed by atoms with Gasteiger partial charge in [0.25, 0.3) is 0 Å². The van der Waals surface area contributed by atoms with Crippen LogP contribution in [0.25, 0.3) is 49.4 Å². The molecule has 4 nitrogen and oxygen atoms in total. The van der Waals surface area contributed by atoms with Gasteiger partial charge in [-0.3, -0.25) is 9.55 Å². The molecule has 2 aromatic carbocycles. The number of fused-ring (bicyclic) bond motifs is 6. The van der Waals surface area contributed by atoms with Crippen LogP contribution in [0.3, 0.4) is 0 Å². The SMILES string of the molecule is c1ccc2c(c1)ccc1c2c2cccnc2n1-c1cc2ccncc2[nH]1. The molecule has 0 radical (unpaired) electrons. The first kappa shape index (κ1) is 13.6. The second kappa shape index (κ2) is 4.92. The summed E-state index contributed by atoms with van der Waals surface area (Å²) in [7, 11) is 0. The number of nitrogens with zero attached hydrogens (tertiary/aromatic N) is 3. The number of nitrogens with one attached hydrogen (secondary N) is 1. The van der Waals surface area contributed by atoms with Crippen molar-refractivity contribution in [2.24, 2.45) is 0 Å². The monoisotopic (exact) mass is 334 g/mol. The van der Waals surface area contributed by atoms with Crippen molar-refractivity contribution in [1.82, 2.24) is 19.5 Å². The highest BCUT2D eigenvalue weighted by atomic mass is 15.1. The zero-order chi connectivity index (χ0) is 17.1. The quantitative estimate of drug-likeness (QED) is 0.449. The molecule has 122 valence electrons. The van der Waals surface area contributed by atoms with Crippen molar-refractivity contribution in [2.45, 2.75) is 0 Å². The van der Waals surface area contributed by atoms with Crippen LogP contribution in [0.1, 0.15) is 0 Å². The molecule has 0 atom stereocenters. The van der Waals surface area contributed by atoms with E-state index in [-0.39, 0.29) is 0 Å². The number of benzene rings is 2. The third-order valence-electron chi connectivity index (χ3n) is 5.07. The predicted octanol–water partition coefficient (Wildman–Crippen LogP) is 5.21. The maximum Gasteiger partial charge on any atom is 0.146 e. The lowest BCUT2D eigenvalue weighted by Gasteiger charge is -2.04. The average Bonchev–Trinajstić information content (AvgIpc) is 3.26. The Morgan fingerprint density at radius 1 is 0.808 bits per heavy atom. The summed E-state index contributed by atoms with van der Waals surface area (Å²) in [5.41, 5.74) is 3.13. The highest BCUT2D eigenvalue weighted by Gasteiger charge is 2.16. The van der Waals surface area contributed by atoms with E-state index in [4.69, 9.17) is 4.98 Å². The van der Waals surface area contributed by atoms with Gasteiger partial charge in [-0.1, -0.05) is 30.3 Å². The molecule has 1 N–H and O–H groups in total. The van der Waals surface area contributed by atoms with Gasteiger partial charge >= 0.3 is 0 Å². The van der Waals surface area contributed by atoms with Gasteiger partial charge in [-0.15, -0.1) is 0 Å². The highest BCUT2D eigenvalue weighted by Crippen LogP contribution is 2.36.